The van der Waals surface area contributed by atoms with E-state index in [0.29, 0.717) is 6.04 Å². The van der Waals surface area contributed by atoms with Crippen molar-refractivity contribution in [2.75, 3.05) is 39.0 Å². The topological polar surface area (TPSA) is 51.1 Å². The number of phenolic OH excluding ortho intramolecular Hbond substituents is 1. The second kappa shape index (κ2) is 8.09. The van der Waals surface area contributed by atoms with Crippen molar-refractivity contribution >= 4 is 11.6 Å². The molecule has 0 unspecified atom stereocenters. The Morgan fingerprint density at radius 2 is 1.92 bits per heavy atom. The summed E-state index contributed by atoms with van der Waals surface area (Å²) in [6, 6.07) is 6.22. The molecule has 0 radical (unpaired) electrons. The molecule has 1 fully saturated rings. The van der Waals surface area contributed by atoms with Gasteiger partial charge in [0.05, 0.1) is 11.7 Å². The Bertz CT molecular complexity index is 600. The van der Waals surface area contributed by atoms with E-state index in [1.54, 1.807) is 6.07 Å². The standard InChI is InChI=1S/C20H34N4O/c1-7-24(13-12-23(5)6)19(21-16-9-10-16)22-17-14-15(20(2,3)4)8-11-18(17)25/h8,11,14,16,25H,7,9-10,12-13H2,1-6H3,(H,21,22). The number of nitrogens with zero attached hydrogens (tertiary/aromatic N) is 3. The van der Waals surface area contributed by atoms with Gasteiger partial charge in [0, 0.05) is 19.6 Å². The fourth-order valence-electron chi connectivity index (χ4n) is 2.53. The van der Waals surface area contributed by atoms with Crippen LogP contribution in [0.15, 0.2) is 23.2 Å². The molecule has 5 heteroatoms. The monoisotopic (exact) mass is 346 g/mol. The molecule has 1 aliphatic rings. The lowest BCUT2D eigenvalue weighted by molar-refractivity contribution is 0.336. The first-order valence-electron chi connectivity index (χ1n) is 9.28. The number of aromatic hydroxyl groups is 1. The summed E-state index contributed by atoms with van der Waals surface area (Å²) in [6.07, 6.45) is 2.31. The van der Waals surface area contributed by atoms with Crippen molar-refractivity contribution in [2.45, 2.75) is 52.0 Å². The minimum atomic E-state index is 0.0350. The summed E-state index contributed by atoms with van der Waals surface area (Å²) < 4.78 is 0. The molecule has 0 aliphatic heterocycles. The van der Waals surface area contributed by atoms with Crippen LogP contribution in [-0.4, -0.2) is 60.6 Å². The average Bonchev–Trinajstić information content (AvgIpc) is 3.32. The van der Waals surface area contributed by atoms with Crippen LogP contribution in [0.3, 0.4) is 0 Å². The van der Waals surface area contributed by atoms with Gasteiger partial charge in [0.2, 0.25) is 0 Å². The Morgan fingerprint density at radius 1 is 1.24 bits per heavy atom. The minimum absolute atomic E-state index is 0.0350. The van der Waals surface area contributed by atoms with Gasteiger partial charge in [-0.3, -0.25) is 0 Å². The van der Waals surface area contributed by atoms with Crippen LogP contribution in [0.25, 0.3) is 0 Å². The number of rotatable bonds is 6. The molecular formula is C20H34N4O. The smallest absolute Gasteiger partial charge is 0.198 e. The van der Waals surface area contributed by atoms with Gasteiger partial charge in [0.15, 0.2) is 5.96 Å². The number of hydrogen-bond donors (Lipinski definition) is 2. The molecule has 0 amide bonds. The number of benzene rings is 1. The maximum atomic E-state index is 10.3. The van der Waals surface area contributed by atoms with Crippen molar-refractivity contribution in [3.8, 4) is 5.75 Å². The van der Waals surface area contributed by atoms with Crippen molar-refractivity contribution in [3.63, 3.8) is 0 Å². The van der Waals surface area contributed by atoms with E-state index in [2.05, 4.69) is 56.9 Å². The van der Waals surface area contributed by atoms with Crippen LogP contribution in [0.1, 0.15) is 46.1 Å². The molecule has 0 bridgehead atoms. The zero-order chi connectivity index (χ0) is 18.6. The predicted molar refractivity (Wildman–Crippen MR) is 107 cm³/mol. The number of hydrogen-bond acceptors (Lipinski definition) is 3. The highest BCUT2D eigenvalue weighted by molar-refractivity contribution is 5.95. The van der Waals surface area contributed by atoms with Crippen LogP contribution in [-0.2, 0) is 5.41 Å². The van der Waals surface area contributed by atoms with Gasteiger partial charge in [-0.05, 0) is 57.0 Å². The molecule has 1 aromatic rings. The lowest BCUT2D eigenvalue weighted by Gasteiger charge is -2.28. The van der Waals surface area contributed by atoms with Crippen molar-refractivity contribution in [2.24, 2.45) is 4.99 Å². The third-order valence-electron chi connectivity index (χ3n) is 4.46. The summed E-state index contributed by atoms with van der Waals surface area (Å²) in [7, 11) is 4.16. The number of nitrogens with one attached hydrogen (secondary N) is 1. The van der Waals surface area contributed by atoms with Gasteiger partial charge in [-0.1, -0.05) is 26.8 Å². The molecule has 1 aliphatic carbocycles. The van der Waals surface area contributed by atoms with E-state index in [4.69, 9.17) is 4.99 Å². The molecule has 2 N–H and O–H groups in total. The van der Waals surface area contributed by atoms with Gasteiger partial charge >= 0.3 is 0 Å². The Morgan fingerprint density at radius 3 is 2.44 bits per heavy atom. The largest absolute Gasteiger partial charge is 0.506 e. The zero-order valence-corrected chi connectivity index (χ0v) is 16.6. The lowest BCUT2D eigenvalue weighted by atomic mass is 9.87. The maximum Gasteiger partial charge on any atom is 0.198 e. The van der Waals surface area contributed by atoms with Crippen molar-refractivity contribution in [1.82, 2.24) is 9.80 Å². The molecule has 0 aromatic heterocycles. The normalized spacial score (nSPS) is 15.6. The van der Waals surface area contributed by atoms with Crippen molar-refractivity contribution in [3.05, 3.63) is 23.8 Å². The summed E-state index contributed by atoms with van der Waals surface area (Å²) in [6.45, 7) is 11.4. The Labute approximate surface area is 152 Å². The average molecular weight is 347 g/mol. The Kier molecular flexibility index (Phi) is 6.33. The number of guanidine groups is 1. The van der Waals surface area contributed by atoms with E-state index in [0.717, 1.165) is 44.1 Å². The summed E-state index contributed by atoms with van der Waals surface area (Å²) >= 11 is 0. The predicted octanol–water partition coefficient (Wildman–Crippen LogP) is 3.50. The van der Waals surface area contributed by atoms with E-state index < -0.39 is 0 Å². The van der Waals surface area contributed by atoms with Crippen LogP contribution in [0, 0.1) is 0 Å². The lowest BCUT2D eigenvalue weighted by Crippen LogP contribution is -2.40. The SMILES string of the molecule is CCN(CCN(C)C)C(=NC1CC1)Nc1cc(C(C)(C)C)ccc1O. The third kappa shape index (κ3) is 5.92. The summed E-state index contributed by atoms with van der Waals surface area (Å²) in [5.74, 6) is 1.13. The van der Waals surface area contributed by atoms with Crippen LogP contribution in [0.2, 0.25) is 0 Å². The molecular weight excluding hydrogens is 312 g/mol. The number of likely N-dealkylation sites (N-methyl/N-ethyl adjacent to an activating group) is 2. The van der Waals surface area contributed by atoms with Gasteiger partial charge in [-0.25, -0.2) is 4.99 Å². The highest BCUT2D eigenvalue weighted by Gasteiger charge is 2.24. The summed E-state index contributed by atoms with van der Waals surface area (Å²) in [4.78, 5) is 9.29. The number of anilines is 1. The molecule has 0 spiro atoms. The first-order valence-corrected chi connectivity index (χ1v) is 9.28. The van der Waals surface area contributed by atoms with E-state index in [1.165, 1.54) is 5.56 Å². The molecule has 1 aromatic carbocycles. The highest BCUT2D eigenvalue weighted by atomic mass is 16.3. The molecule has 5 nitrogen and oxygen atoms in total. The summed E-state index contributed by atoms with van der Waals surface area (Å²) in [5, 5.41) is 13.7. The first kappa shape index (κ1) is 19.6. The van der Waals surface area contributed by atoms with Crippen LogP contribution < -0.4 is 5.32 Å². The van der Waals surface area contributed by atoms with Gasteiger partial charge in [0.25, 0.3) is 0 Å². The third-order valence-corrected chi connectivity index (χ3v) is 4.46. The van der Waals surface area contributed by atoms with Crippen LogP contribution >= 0.6 is 0 Å². The van der Waals surface area contributed by atoms with Crippen molar-refractivity contribution in [1.29, 1.82) is 0 Å². The molecule has 0 atom stereocenters. The van der Waals surface area contributed by atoms with E-state index in [1.807, 2.05) is 12.1 Å². The fourth-order valence-corrected chi connectivity index (χ4v) is 2.53. The van der Waals surface area contributed by atoms with Crippen LogP contribution in [0.5, 0.6) is 5.75 Å². The maximum absolute atomic E-state index is 10.3. The molecule has 1 saturated carbocycles. The van der Waals surface area contributed by atoms with Crippen molar-refractivity contribution < 1.29 is 5.11 Å². The van der Waals surface area contributed by atoms with Gasteiger partial charge in [-0.15, -0.1) is 0 Å². The Balaban J connectivity index is 2.25. The molecule has 140 valence electrons. The van der Waals surface area contributed by atoms with E-state index >= 15 is 0 Å². The second-order valence-electron chi connectivity index (χ2n) is 8.17. The quantitative estimate of drug-likeness (QED) is 0.470. The van der Waals surface area contributed by atoms with Gasteiger partial charge in [0.1, 0.15) is 5.75 Å². The highest BCUT2D eigenvalue weighted by Crippen LogP contribution is 2.31. The van der Waals surface area contributed by atoms with Gasteiger partial charge in [-0.2, -0.15) is 0 Å². The zero-order valence-electron chi connectivity index (χ0n) is 16.6. The minimum Gasteiger partial charge on any atom is -0.506 e. The van der Waals surface area contributed by atoms with Crippen LogP contribution in [0.4, 0.5) is 5.69 Å². The van der Waals surface area contributed by atoms with E-state index in [9.17, 15) is 5.11 Å². The first-order chi connectivity index (χ1) is 11.7. The number of aliphatic imine (C=N–C) groups is 1. The fraction of sp³-hybridized carbons (Fsp3) is 0.650. The molecule has 25 heavy (non-hydrogen) atoms. The van der Waals surface area contributed by atoms with E-state index in [-0.39, 0.29) is 11.2 Å². The summed E-state index contributed by atoms with van der Waals surface area (Å²) in [5.41, 5.74) is 1.96. The second-order valence-corrected chi connectivity index (χ2v) is 8.17. The van der Waals surface area contributed by atoms with Gasteiger partial charge < -0.3 is 20.2 Å². The Hall–Kier alpha value is -1.75. The molecule has 0 saturated heterocycles. The molecule has 0 heterocycles. The number of phenols is 1. The molecule has 2 rings (SSSR count).